The molecule has 12 heavy (non-hydrogen) atoms. The van der Waals surface area contributed by atoms with E-state index in [0.29, 0.717) is 18.1 Å². The van der Waals surface area contributed by atoms with Gasteiger partial charge < -0.3 is 5.32 Å². The molecular weight excluding hydrogens is 156 g/mol. The number of carbonyl (C=O) groups is 1. The SMILES string of the molecule is CNc1nnc(C=O)n1C(C)C. The average molecular weight is 168 g/mol. The summed E-state index contributed by atoms with van der Waals surface area (Å²) >= 11 is 0. The maximum atomic E-state index is 10.5. The van der Waals surface area contributed by atoms with E-state index in [-0.39, 0.29) is 6.04 Å². The fourth-order valence-corrected chi connectivity index (χ4v) is 1.06. The zero-order valence-electron chi connectivity index (χ0n) is 7.40. The minimum atomic E-state index is 0.183. The zero-order valence-corrected chi connectivity index (χ0v) is 7.40. The average Bonchev–Trinajstić information content (AvgIpc) is 2.46. The summed E-state index contributed by atoms with van der Waals surface area (Å²) in [6, 6.07) is 0.183. The van der Waals surface area contributed by atoms with Gasteiger partial charge in [0.1, 0.15) is 0 Å². The summed E-state index contributed by atoms with van der Waals surface area (Å²) in [4.78, 5) is 10.5. The van der Waals surface area contributed by atoms with Crippen LogP contribution in [-0.4, -0.2) is 28.1 Å². The highest BCUT2D eigenvalue weighted by Crippen LogP contribution is 2.13. The predicted octanol–water partition coefficient (Wildman–Crippen LogP) is 0.713. The Bertz CT molecular complexity index is 279. The van der Waals surface area contributed by atoms with Gasteiger partial charge in [0.15, 0.2) is 12.1 Å². The molecule has 1 aromatic rings. The molecule has 0 bridgehead atoms. The lowest BCUT2D eigenvalue weighted by Gasteiger charge is -2.10. The number of aromatic nitrogens is 3. The zero-order chi connectivity index (χ0) is 9.14. The molecule has 0 aliphatic carbocycles. The van der Waals surface area contributed by atoms with Crippen LogP contribution in [0.4, 0.5) is 5.95 Å². The minimum absolute atomic E-state index is 0.183. The molecule has 0 radical (unpaired) electrons. The van der Waals surface area contributed by atoms with Gasteiger partial charge in [-0.25, -0.2) is 0 Å². The van der Waals surface area contributed by atoms with E-state index < -0.39 is 0 Å². The molecule has 1 rings (SSSR count). The summed E-state index contributed by atoms with van der Waals surface area (Å²) in [7, 11) is 1.75. The summed E-state index contributed by atoms with van der Waals surface area (Å²) < 4.78 is 1.74. The molecule has 0 unspecified atom stereocenters. The standard InChI is InChI=1S/C7H12N4O/c1-5(2)11-6(4-12)9-10-7(11)8-3/h4-5H,1-3H3,(H,8,10). The number of carbonyl (C=O) groups excluding carboxylic acids is 1. The van der Waals surface area contributed by atoms with E-state index in [1.165, 1.54) is 0 Å². The number of nitrogens with zero attached hydrogens (tertiary/aromatic N) is 3. The van der Waals surface area contributed by atoms with E-state index in [1.807, 2.05) is 13.8 Å². The first-order valence-electron chi connectivity index (χ1n) is 3.78. The molecule has 66 valence electrons. The van der Waals surface area contributed by atoms with Crippen molar-refractivity contribution in [3.63, 3.8) is 0 Å². The molecule has 1 heterocycles. The van der Waals surface area contributed by atoms with Crippen molar-refractivity contribution in [1.29, 1.82) is 0 Å². The Kier molecular flexibility index (Phi) is 2.42. The maximum absolute atomic E-state index is 10.5. The van der Waals surface area contributed by atoms with E-state index in [4.69, 9.17) is 0 Å². The number of aldehydes is 1. The molecule has 0 saturated heterocycles. The number of hydrogen-bond acceptors (Lipinski definition) is 4. The second-order valence-corrected chi connectivity index (χ2v) is 2.71. The number of anilines is 1. The van der Waals surface area contributed by atoms with Gasteiger partial charge in [0.05, 0.1) is 0 Å². The first-order chi connectivity index (χ1) is 5.70. The van der Waals surface area contributed by atoms with Crippen LogP contribution in [0.25, 0.3) is 0 Å². The van der Waals surface area contributed by atoms with Crippen LogP contribution in [0.1, 0.15) is 30.5 Å². The molecule has 1 aromatic heterocycles. The van der Waals surface area contributed by atoms with Gasteiger partial charge >= 0.3 is 0 Å². The highest BCUT2D eigenvalue weighted by Gasteiger charge is 2.11. The van der Waals surface area contributed by atoms with Crippen LogP contribution in [0.3, 0.4) is 0 Å². The first-order valence-corrected chi connectivity index (χ1v) is 3.78. The molecule has 0 fully saturated rings. The molecule has 0 atom stereocenters. The van der Waals surface area contributed by atoms with Gasteiger partial charge in [-0.2, -0.15) is 0 Å². The molecule has 0 spiro atoms. The van der Waals surface area contributed by atoms with Gasteiger partial charge in [0.25, 0.3) is 0 Å². The molecule has 0 saturated carbocycles. The molecule has 0 aliphatic rings. The van der Waals surface area contributed by atoms with Crippen molar-refractivity contribution in [2.75, 3.05) is 12.4 Å². The minimum Gasteiger partial charge on any atom is -0.357 e. The second-order valence-electron chi connectivity index (χ2n) is 2.71. The molecule has 5 nitrogen and oxygen atoms in total. The van der Waals surface area contributed by atoms with Crippen LogP contribution in [0.2, 0.25) is 0 Å². The van der Waals surface area contributed by atoms with Crippen molar-refractivity contribution < 1.29 is 4.79 Å². The molecule has 1 N–H and O–H groups in total. The lowest BCUT2D eigenvalue weighted by molar-refractivity contribution is 0.110. The van der Waals surface area contributed by atoms with Crippen LogP contribution in [0.5, 0.6) is 0 Å². The Morgan fingerprint density at radius 3 is 2.58 bits per heavy atom. The summed E-state index contributed by atoms with van der Waals surface area (Å²) in [5, 5.41) is 10.4. The van der Waals surface area contributed by atoms with Crippen molar-refractivity contribution in [3.8, 4) is 0 Å². The Balaban J connectivity index is 3.16. The topological polar surface area (TPSA) is 59.8 Å². The fraction of sp³-hybridized carbons (Fsp3) is 0.571. The van der Waals surface area contributed by atoms with Crippen molar-refractivity contribution in [2.24, 2.45) is 0 Å². The van der Waals surface area contributed by atoms with Crippen LogP contribution in [-0.2, 0) is 0 Å². The van der Waals surface area contributed by atoms with Crippen LogP contribution in [0, 0.1) is 0 Å². The number of hydrogen-bond donors (Lipinski definition) is 1. The van der Waals surface area contributed by atoms with Crippen LogP contribution >= 0.6 is 0 Å². The van der Waals surface area contributed by atoms with Gasteiger partial charge in [-0.3, -0.25) is 9.36 Å². The maximum Gasteiger partial charge on any atom is 0.224 e. The van der Waals surface area contributed by atoms with Crippen molar-refractivity contribution in [2.45, 2.75) is 19.9 Å². The molecule has 0 amide bonds. The summed E-state index contributed by atoms with van der Waals surface area (Å²) in [6.07, 6.45) is 0.702. The third-order valence-electron chi connectivity index (χ3n) is 1.57. The second kappa shape index (κ2) is 3.34. The molecular formula is C7H12N4O. The quantitative estimate of drug-likeness (QED) is 0.675. The number of rotatable bonds is 3. The van der Waals surface area contributed by atoms with E-state index >= 15 is 0 Å². The van der Waals surface area contributed by atoms with Gasteiger partial charge in [-0.1, -0.05) is 0 Å². The number of nitrogens with one attached hydrogen (secondary N) is 1. The van der Waals surface area contributed by atoms with Crippen molar-refractivity contribution >= 4 is 12.2 Å². The fourth-order valence-electron chi connectivity index (χ4n) is 1.06. The Morgan fingerprint density at radius 1 is 1.50 bits per heavy atom. The van der Waals surface area contributed by atoms with Gasteiger partial charge in [-0.05, 0) is 13.8 Å². The third kappa shape index (κ3) is 1.30. The summed E-state index contributed by atoms with van der Waals surface area (Å²) in [6.45, 7) is 3.94. The molecule has 0 aliphatic heterocycles. The third-order valence-corrected chi connectivity index (χ3v) is 1.57. The normalized spacial score (nSPS) is 10.3. The lowest BCUT2D eigenvalue weighted by Crippen LogP contribution is -2.09. The summed E-state index contributed by atoms with van der Waals surface area (Å²) in [5.41, 5.74) is 0. The molecule has 0 aromatic carbocycles. The van der Waals surface area contributed by atoms with Crippen LogP contribution < -0.4 is 5.32 Å². The Hall–Kier alpha value is -1.39. The largest absolute Gasteiger partial charge is 0.357 e. The highest BCUT2D eigenvalue weighted by molar-refractivity contribution is 5.70. The van der Waals surface area contributed by atoms with Gasteiger partial charge in [0.2, 0.25) is 5.95 Å². The Morgan fingerprint density at radius 2 is 2.17 bits per heavy atom. The Labute approximate surface area is 70.8 Å². The monoisotopic (exact) mass is 168 g/mol. The smallest absolute Gasteiger partial charge is 0.224 e. The van der Waals surface area contributed by atoms with E-state index in [2.05, 4.69) is 15.5 Å². The molecule has 5 heteroatoms. The van der Waals surface area contributed by atoms with Gasteiger partial charge in [0, 0.05) is 13.1 Å². The van der Waals surface area contributed by atoms with E-state index in [0.717, 1.165) is 0 Å². The highest BCUT2D eigenvalue weighted by atomic mass is 16.1. The predicted molar refractivity (Wildman–Crippen MR) is 45.3 cm³/mol. The van der Waals surface area contributed by atoms with E-state index in [9.17, 15) is 4.79 Å². The van der Waals surface area contributed by atoms with Crippen molar-refractivity contribution in [1.82, 2.24) is 14.8 Å². The van der Waals surface area contributed by atoms with Crippen LogP contribution in [0.15, 0.2) is 0 Å². The van der Waals surface area contributed by atoms with Crippen molar-refractivity contribution in [3.05, 3.63) is 5.82 Å². The van der Waals surface area contributed by atoms with E-state index in [1.54, 1.807) is 11.6 Å². The summed E-state index contributed by atoms with van der Waals surface area (Å²) in [5.74, 6) is 0.974. The first kappa shape index (κ1) is 8.70. The lowest BCUT2D eigenvalue weighted by atomic mass is 10.4. The van der Waals surface area contributed by atoms with Gasteiger partial charge in [-0.15, -0.1) is 10.2 Å².